The van der Waals surface area contributed by atoms with E-state index < -0.39 is 66.9 Å². The van der Waals surface area contributed by atoms with Gasteiger partial charge < -0.3 is 52.5 Å². The molecule has 256 valence electrons. The molecule has 2 aromatic carbocycles. The monoisotopic (exact) mass is 662 g/mol. The first kappa shape index (κ1) is 36.3. The Labute approximate surface area is 271 Å². The molecule has 2 aromatic rings. The number of aromatic hydroxyl groups is 1. The van der Waals surface area contributed by atoms with E-state index in [4.69, 9.17) is 47.4 Å². The first-order valence-electron chi connectivity index (χ1n) is 14.2. The van der Waals surface area contributed by atoms with E-state index in [0.29, 0.717) is 22.8 Å². The highest BCUT2D eigenvalue weighted by molar-refractivity contribution is 5.77. The number of ether oxygens (including phenoxy) is 10. The van der Waals surface area contributed by atoms with Gasteiger partial charge in [-0.25, -0.2) is 0 Å². The Kier molecular flexibility index (Phi) is 12.7. The molecule has 0 amide bonds. The molecule has 1 aliphatic heterocycles. The third-order valence-electron chi connectivity index (χ3n) is 6.67. The average Bonchev–Trinajstić information content (AvgIpc) is 3.01. The van der Waals surface area contributed by atoms with Gasteiger partial charge in [-0.3, -0.25) is 19.2 Å². The zero-order valence-electron chi connectivity index (χ0n) is 27.2. The van der Waals surface area contributed by atoms with Gasteiger partial charge in [0.1, 0.15) is 12.7 Å². The van der Waals surface area contributed by atoms with Crippen molar-refractivity contribution in [3.8, 4) is 34.5 Å². The molecule has 1 fully saturated rings. The first-order valence-corrected chi connectivity index (χ1v) is 14.2. The lowest BCUT2D eigenvalue weighted by atomic mass is 9.98. The summed E-state index contributed by atoms with van der Waals surface area (Å²) in [5.74, 6) is -2.43. The quantitative estimate of drug-likeness (QED) is 0.188. The molecule has 3 rings (SSSR count). The van der Waals surface area contributed by atoms with Crippen molar-refractivity contribution in [3.63, 3.8) is 0 Å². The fraction of sp³-hybridized carbons (Fsp3) is 0.438. The topological polar surface area (TPSA) is 181 Å². The highest BCUT2D eigenvalue weighted by Gasteiger charge is 2.53. The number of esters is 4. The Morgan fingerprint density at radius 3 is 1.77 bits per heavy atom. The Morgan fingerprint density at radius 1 is 0.702 bits per heavy atom. The van der Waals surface area contributed by atoms with Gasteiger partial charge >= 0.3 is 23.9 Å². The molecule has 1 heterocycles. The summed E-state index contributed by atoms with van der Waals surface area (Å²) in [5.41, 5.74) is 0.900. The Bertz CT molecular complexity index is 1460. The van der Waals surface area contributed by atoms with Crippen LogP contribution < -0.4 is 23.7 Å². The third kappa shape index (κ3) is 9.19. The van der Waals surface area contributed by atoms with Crippen LogP contribution in [0.2, 0.25) is 0 Å². The van der Waals surface area contributed by atoms with Crippen LogP contribution >= 0.6 is 0 Å². The van der Waals surface area contributed by atoms with Crippen molar-refractivity contribution in [1.29, 1.82) is 0 Å². The molecule has 1 saturated heterocycles. The number of hydrogen-bond acceptors (Lipinski definition) is 15. The van der Waals surface area contributed by atoms with Crippen LogP contribution in [0.5, 0.6) is 34.5 Å². The summed E-state index contributed by atoms with van der Waals surface area (Å²) in [6.45, 7) is 4.00. The summed E-state index contributed by atoms with van der Waals surface area (Å²) in [6.07, 6.45) is -4.01. The van der Waals surface area contributed by atoms with E-state index in [1.54, 1.807) is 30.4 Å². The van der Waals surface area contributed by atoms with Crippen molar-refractivity contribution in [2.45, 2.75) is 58.4 Å². The molecule has 0 spiro atoms. The van der Waals surface area contributed by atoms with Crippen molar-refractivity contribution in [2.75, 3.05) is 35.0 Å². The van der Waals surface area contributed by atoms with E-state index >= 15 is 0 Å². The van der Waals surface area contributed by atoms with Crippen LogP contribution in [0.1, 0.15) is 38.8 Å². The van der Waals surface area contributed by atoms with Gasteiger partial charge in [0, 0.05) is 33.3 Å². The zero-order chi connectivity index (χ0) is 34.8. The fourth-order valence-electron chi connectivity index (χ4n) is 4.76. The number of benzene rings is 2. The summed E-state index contributed by atoms with van der Waals surface area (Å²) in [5, 5.41) is 11.4. The van der Waals surface area contributed by atoms with Crippen LogP contribution in [0.15, 0.2) is 24.3 Å². The first-order chi connectivity index (χ1) is 22.3. The molecule has 0 unspecified atom stereocenters. The zero-order valence-corrected chi connectivity index (χ0v) is 27.2. The lowest BCUT2D eigenvalue weighted by molar-refractivity contribution is -0.288. The van der Waals surface area contributed by atoms with Crippen LogP contribution in [0, 0.1) is 0 Å². The molecule has 1 N–H and O–H groups in total. The van der Waals surface area contributed by atoms with Crippen molar-refractivity contribution in [2.24, 2.45) is 0 Å². The van der Waals surface area contributed by atoms with E-state index in [1.165, 1.54) is 34.5 Å². The number of phenols is 1. The van der Waals surface area contributed by atoms with Crippen molar-refractivity contribution in [1.82, 2.24) is 0 Å². The highest BCUT2D eigenvalue weighted by Crippen LogP contribution is 2.43. The minimum atomic E-state index is -1.61. The predicted molar refractivity (Wildman–Crippen MR) is 162 cm³/mol. The third-order valence-corrected chi connectivity index (χ3v) is 6.67. The molecule has 0 radical (unpaired) electrons. The summed E-state index contributed by atoms with van der Waals surface area (Å²) in [6, 6.07) is 6.47. The molecule has 1 aliphatic rings. The molecular formula is C32H38O15. The van der Waals surface area contributed by atoms with Crippen LogP contribution in [-0.4, -0.2) is 94.7 Å². The number of hydrogen-bond donors (Lipinski definition) is 1. The van der Waals surface area contributed by atoms with E-state index in [9.17, 15) is 24.3 Å². The number of methoxy groups -OCH3 is 4. The van der Waals surface area contributed by atoms with Crippen LogP contribution in [0.4, 0.5) is 0 Å². The second kappa shape index (κ2) is 16.4. The molecule has 0 bridgehead atoms. The van der Waals surface area contributed by atoms with Gasteiger partial charge in [0.25, 0.3) is 0 Å². The second-order valence-corrected chi connectivity index (χ2v) is 10.0. The van der Waals surface area contributed by atoms with Gasteiger partial charge in [0.15, 0.2) is 35.2 Å². The Hall–Kier alpha value is -5.18. The maximum absolute atomic E-state index is 12.2. The van der Waals surface area contributed by atoms with Gasteiger partial charge in [0.2, 0.25) is 23.9 Å². The Morgan fingerprint density at radius 2 is 1.26 bits per heavy atom. The summed E-state index contributed by atoms with van der Waals surface area (Å²) >= 11 is 0. The highest BCUT2D eigenvalue weighted by atomic mass is 16.7. The van der Waals surface area contributed by atoms with Gasteiger partial charge in [-0.05, 0) is 29.8 Å². The number of rotatable bonds is 13. The van der Waals surface area contributed by atoms with E-state index in [0.717, 1.165) is 27.7 Å². The summed E-state index contributed by atoms with van der Waals surface area (Å²) < 4.78 is 55.1. The average molecular weight is 663 g/mol. The number of carbonyl (C=O) groups excluding carboxylic acids is 4. The van der Waals surface area contributed by atoms with Crippen LogP contribution in [0.25, 0.3) is 12.2 Å². The maximum Gasteiger partial charge on any atom is 0.303 e. The number of carbonyl (C=O) groups is 4. The molecular weight excluding hydrogens is 624 g/mol. The largest absolute Gasteiger partial charge is 0.504 e. The lowest BCUT2D eigenvalue weighted by Crippen LogP contribution is -2.63. The van der Waals surface area contributed by atoms with E-state index in [-0.39, 0.29) is 17.1 Å². The summed E-state index contributed by atoms with van der Waals surface area (Å²) in [7, 11) is 5.79. The minimum Gasteiger partial charge on any atom is -0.504 e. The van der Waals surface area contributed by atoms with E-state index in [1.807, 2.05) is 0 Å². The minimum absolute atomic E-state index is 0.0558. The second-order valence-electron chi connectivity index (χ2n) is 10.0. The fourth-order valence-corrected chi connectivity index (χ4v) is 4.76. The Balaban J connectivity index is 2.09. The molecule has 5 atom stereocenters. The van der Waals surface area contributed by atoms with Crippen molar-refractivity contribution < 1.29 is 71.7 Å². The molecule has 0 aliphatic carbocycles. The van der Waals surface area contributed by atoms with Crippen molar-refractivity contribution in [3.05, 3.63) is 35.4 Å². The summed E-state index contributed by atoms with van der Waals surface area (Å²) in [4.78, 5) is 48.0. The molecule has 15 nitrogen and oxygen atoms in total. The van der Waals surface area contributed by atoms with Gasteiger partial charge in [-0.15, -0.1) is 0 Å². The number of phenolic OH excluding ortho intramolecular Hbond substituents is 1. The van der Waals surface area contributed by atoms with Gasteiger partial charge in [-0.1, -0.05) is 12.2 Å². The SMILES string of the molecule is COc1cc(/C=C\c2ccc(OC)c(O[C@@H]3O[C@H](COC(C)=O)[C@@H](OC(C)=O)[C@H](OC(C)=O)[C@H]3OC(C)=O)c2O)cc(OC)c1OC. The van der Waals surface area contributed by atoms with Crippen LogP contribution in [-0.2, 0) is 42.9 Å². The molecule has 0 aromatic heterocycles. The van der Waals surface area contributed by atoms with Crippen LogP contribution in [0.3, 0.4) is 0 Å². The predicted octanol–water partition coefficient (Wildman–Crippen LogP) is 3.06. The smallest absolute Gasteiger partial charge is 0.303 e. The van der Waals surface area contributed by atoms with Gasteiger partial charge in [0.05, 0.1) is 28.4 Å². The van der Waals surface area contributed by atoms with E-state index in [2.05, 4.69) is 0 Å². The standard InChI is InChI=1S/C32H38O15/c1-16(33)42-15-25-29(43-17(2)34)30(44-18(3)35)31(45-19(4)36)32(46-25)47-28-22(38-5)12-11-21(26(28)37)10-9-20-13-23(39-6)27(41-8)24(14-20)40-7/h9-14,25,29-32,37H,15H2,1-8H3/b10-9-/t25-,29-,30+,31-,32+/m1/s1. The maximum atomic E-state index is 12.2. The van der Waals surface area contributed by atoms with Crippen molar-refractivity contribution >= 4 is 36.0 Å². The van der Waals surface area contributed by atoms with Gasteiger partial charge in [-0.2, -0.15) is 0 Å². The lowest BCUT2D eigenvalue weighted by Gasteiger charge is -2.44. The molecule has 0 saturated carbocycles. The normalized spacial score (nSPS) is 20.5. The molecule has 15 heteroatoms. The molecule has 47 heavy (non-hydrogen) atoms.